The third-order valence-corrected chi connectivity index (χ3v) is 5.36. The van der Waals surface area contributed by atoms with E-state index >= 15 is 0 Å². The monoisotopic (exact) mass is 492 g/mol. The summed E-state index contributed by atoms with van der Waals surface area (Å²) < 4.78 is 44.4. The van der Waals surface area contributed by atoms with E-state index in [0.29, 0.717) is 5.69 Å². The number of nitrogens with two attached hydrogens (primary N) is 1. The van der Waals surface area contributed by atoms with E-state index in [9.17, 15) is 27.6 Å². The van der Waals surface area contributed by atoms with E-state index in [2.05, 4.69) is 10.3 Å². The number of carbonyl (C=O) groups excluding carboxylic acids is 3. The summed E-state index contributed by atoms with van der Waals surface area (Å²) in [7, 11) is 0. The maximum absolute atomic E-state index is 13.1. The number of alkyl halides is 3. The lowest BCUT2D eigenvalue weighted by molar-refractivity contribution is -0.137. The number of thiazole rings is 1. The van der Waals surface area contributed by atoms with Crippen molar-refractivity contribution in [1.82, 2.24) is 10.3 Å². The minimum absolute atomic E-state index is 0.0196. The van der Waals surface area contributed by atoms with Crippen LogP contribution in [0.15, 0.2) is 53.9 Å². The molecular weight excluding hydrogens is 473 g/mol. The van der Waals surface area contributed by atoms with E-state index in [1.54, 1.807) is 17.5 Å². The zero-order valence-corrected chi connectivity index (χ0v) is 18.6. The van der Waals surface area contributed by atoms with Gasteiger partial charge in [-0.3, -0.25) is 9.69 Å². The van der Waals surface area contributed by atoms with Gasteiger partial charge in [0.15, 0.2) is 5.13 Å². The number of primary amides is 1. The molecule has 1 aromatic heterocycles. The Hall–Kier alpha value is -3.93. The number of benzene rings is 2. The molecule has 0 fully saturated rings. The van der Waals surface area contributed by atoms with Gasteiger partial charge >= 0.3 is 18.2 Å². The van der Waals surface area contributed by atoms with Gasteiger partial charge in [-0.1, -0.05) is 18.2 Å². The lowest BCUT2D eigenvalue weighted by Crippen LogP contribution is -2.28. The van der Waals surface area contributed by atoms with Crippen LogP contribution < -0.4 is 16.0 Å². The van der Waals surface area contributed by atoms with Crippen LogP contribution >= 0.6 is 11.3 Å². The third kappa shape index (κ3) is 6.32. The normalized spacial score (nSPS) is 11.1. The first-order valence-corrected chi connectivity index (χ1v) is 10.6. The highest BCUT2D eigenvalue weighted by Gasteiger charge is 2.31. The molecule has 0 saturated carbocycles. The first-order valence-electron chi connectivity index (χ1n) is 9.76. The number of halogens is 3. The average Bonchev–Trinajstić information content (AvgIpc) is 3.24. The van der Waals surface area contributed by atoms with Crippen LogP contribution in [0, 0.1) is 0 Å². The number of urea groups is 1. The van der Waals surface area contributed by atoms with Crippen LogP contribution in [-0.2, 0) is 28.9 Å². The van der Waals surface area contributed by atoms with Crippen LogP contribution in [0.25, 0.3) is 0 Å². The smallest absolute Gasteiger partial charge is 0.416 e. The molecule has 34 heavy (non-hydrogen) atoms. The number of hydrogen-bond acceptors (Lipinski definition) is 6. The SMILES string of the molecule is CC(=O)N(c1cccc(C(F)(F)F)c1)c1nc(COC(=O)c2ccc(CNC(N)=O)cc2)cs1. The predicted octanol–water partition coefficient (Wildman–Crippen LogP) is 4.37. The summed E-state index contributed by atoms with van der Waals surface area (Å²) in [4.78, 5) is 40.5. The van der Waals surface area contributed by atoms with E-state index in [1.165, 1.54) is 31.2 Å². The second-order valence-electron chi connectivity index (χ2n) is 7.01. The summed E-state index contributed by atoms with van der Waals surface area (Å²) in [6.45, 7) is 1.23. The second-order valence-corrected chi connectivity index (χ2v) is 7.85. The minimum atomic E-state index is -4.56. The van der Waals surface area contributed by atoms with Gasteiger partial charge in [-0.15, -0.1) is 11.3 Å². The molecule has 0 radical (unpaired) electrons. The number of hydrogen-bond donors (Lipinski definition) is 2. The zero-order valence-electron chi connectivity index (χ0n) is 17.8. The molecule has 2 aromatic carbocycles. The molecule has 0 unspecified atom stereocenters. The van der Waals surface area contributed by atoms with Crippen molar-refractivity contribution in [3.05, 3.63) is 76.3 Å². The summed E-state index contributed by atoms with van der Waals surface area (Å²) in [6, 6.07) is 10.0. The van der Waals surface area contributed by atoms with Gasteiger partial charge in [0.2, 0.25) is 5.91 Å². The maximum atomic E-state index is 13.1. The van der Waals surface area contributed by atoms with Crippen molar-refractivity contribution in [2.75, 3.05) is 4.90 Å². The van der Waals surface area contributed by atoms with Gasteiger partial charge in [-0.25, -0.2) is 14.6 Å². The van der Waals surface area contributed by atoms with Crippen molar-refractivity contribution >= 4 is 40.1 Å². The first-order chi connectivity index (χ1) is 16.0. The minimum Gasteiger partial charge on any atom is -0.456 e. The lowest BCUT2D eigenvalue weighted by Gasteiger charge is -2.19. The number of rotatable bonds is 7. The standard InChI is InChI=1S/C22H19F3N4O4S/c1-13(30)29(18-4-2-3-16(9-18)22(23,24)25)21-28-17(12-34-21)11-33-19(31)15-7-5-14(6-8-15)10-27-20(26)32/h2-9,12H,10-11H2,1H3,(H3,26,27,32). The van der Waals surface area contributed by atoms with Crippen molar-refractivity contribution in [3.63, 3.8) is 0 Å². The molecule has 0 aliphatic carbocycles. The number of aromatic nitrogens is 1. The first kappa shape index (κ1) is 24.7. The fraction of sp³-hybridized carbons (Fsp3) is 0.182. The number of ether oxygens (including phenoxy) is 1. The summed E-state index contributed by atoms with van der Waals surface area (Å²) >= 11 is 1.03. The van der Waals surface area contributed by atoms with Crippen molar-refractivity contribution < 1.29 is 32.3 Å². The number of esters is 1. The molecule has 0 bridgehead atoms. The quantitative estimate of drug-likeness (QED) is 0.476. The third-order valence-electron chi connectivity index (χ3n) is 4.49. The predicted molar refractivity (Wildman–Crippen MR) is 118 cm³/mol. The molecule has 3 amide bonds. The Morgan fingerprint density at radius 2 is 1.85 bits per heavy atom. The number of carbonyl (C=O) groups is 3. The molecule has 178 valence electrons. The highest BCUT2D eigenvalue weighted by atomic mass is 32.1. The highest BCUT2D eigenvalue weighted by Crippen LogP contribution is 2.35. The van der Waals surface area contributed by atoms with Crippen molar-refractivity contribution in [1.29, 1.82) is 0 Å². The van der Waals surface area contributed by atoms with Gasteiger partial charge < -0.3 is 15.8 Å². The molecule has 1 heterocycles. The summed E-state index contributed by atoms with van der Waals surface area (Å²) in [5.41, 5.74) is 5.47. The van der Waals surface area contributed by atoms with Crippen LogP contribution in [0.4, 0.5) is 28.8 Å². The van der Waals surface area contributed by atoms with E-state index in [4.69, 9.17) is 10.5 Å². The largest absolute Gasteiger partial charge is 0.456 e. The Labute approximate surface area is 196 Å². The topological polar surface area (TPSA) is 115 Å². The lowest BCUT2D eigenvalue weighted by atomic mass is 10.1. The number of nitrogens with one attached hydrogen (secondary N) is 1. The molecule has 0 spiro atoms. The molecule has 0 aliphatic heterocycles. The summed E-state index contributed by atoms with van der Waals surface area (Å²) in [5, 5.41) is 4.12. The van der Waals surface area contributed by atoms with Crippen LogP contribution in [0.2, 0.25) is 0 Å². The average molecular weight is 492 g/mol. The Balaban J connectivity index is 1.68. The second kappa shape index (κ2) is 10.3. The van der Waals surface area contributed by atoms with Crippen molar-refractivity contribution in [2.45, 2.75) is 26.3 Å². The van der Waals surface area contributed by atoms with Gasteiger partial charge in [0.1, 0.15) is 6.61 Å². The zero-order chi connectivity index (χ0) is 24.9. The molecule has 3 rings (SSSR count). The van der Waals surface area contributed by atoms with Crippen LogP contribution in [0.5, 0.6) is 0 Å². The van der Waals surface area contributed by atoms with Gasteiger partial charge in [-0.2, -0.15) is 13.2 Å². The van der Waals surface area contributed by atoms with Gasteiger partial charge in [0.25, 0.3) is 0 Å². The molecule has 0 atom stereocenters. The van der Waals surface area contributed by atoms with E-state index in [-0.39, 0.29) is 29.5 Å². The van der Waals surface area contributed by atoms with Gasteiger partial charge in [0, 0.05) is 18.8 Å². The molecule has 0 saturated heterocycles. The molecular formula is C22H19F3N4O4S. The number of nitrogens with zero attached hydrogens (tertiary/aromatic N) is 2. The highest BCUT2D eigenvalue weighted by molar-refractivity contribution is 7.14. The van der Waals surface area contributed by atoms with E-state index in [1.807, 2.05) is 0 Å². The van der Waals surface area contributed by atoms with Crippen molar-refractivity contribution in [3.8, 4) is 0 Å². The number of amides is 3. The Bertz CT molecular complexity index is 1200. The molecule has 0 aliphatic rings. The van der Waals surface area contributed by atoms with Crippen LogP contribution in [-0.4, -0.2) is 22.9 Å². The molecule has 8 nitrogen and oxygen atoms in total. The Morgan fingerprint density at radius 3 is 2.47 bits per heavy atom. The fourth-order valence-electron chi connectivity index (χ4n) is 2.88. The van der Waals surface area contributed by atoms with Crippen molar-refractivity contribution in [2.24, 2.45) is 5.73 Å². The fourth-order valence-corrected chi connectivity index (χ4v) is 3.76. The Morgan fingerprint density at radius 1 is 1.15 bits per heavy atom. The number of anilines is 2. The Kier molecular flexibility index (Phi) is 7.51. The van der Waals surface area contributed by atoms with E-state index in [0.717, 1.165) is 33.9 Å². The molecule has 12 heteroatoms. The molecule has 3 aromatic rings. The summed E-state index contributed by atoms with van der Waals surface area (Å²) in [5.74, 6) is -1.15. The summed E-state index contributed by atoms with van der Waals surface area (Å²) in [6.07, 6.45) is -4.56. The maximum Gasteiger partial charge on any atom is 0.416 e. The van der Waals surface area contributed by atoms with Crippen LogP contribution in [0.1, 0.15) is 34.1 Å². The van der Waals surface area contributed by atoms with Crippen LogP contribution in [0.3, 0.4) is 0 Å². The van der Waals surface area contributed by atoms with Gasteiger partial charge in [-0.05, 0) is 35.9 Å². The van der Waals surface area contributed by atoms with Gasteiger partial charge in [0.05, 0.1) is 22.5 Å². The van der Waals surface area contributed by atoms with E-state index < -0.39 is 29.6 Å². The molecule has 3 N–H and O–H groups in total.